The van der Waals surface area contributed by atoms with E-state index in [1.165, 1.54) is 19.2 Å². The molecule has 1 fully saturated rings. The summed E-state index contributed by atoms with van der Waals surface area (Å²) in [5.74, 6) is -0.801. The predicted octanol–water partition coefficient (Wildman–Crippen LogP) is 2.91. The van der Waals surface area contributed by atoms with Gasteiger partial charge in [-0.3, -0.25) is 14.9 Å². The lowest BCUT2D eigenvalue weighted by molar-refractivity contribution is -0.384. The summed E-state index contributed by atoms with van der Waals surface area (Å²) >= 11 is 0. The van der Waals surface area contributed by atoms with Crippen LogP contribution in [-0.2, 0) is 11.3 Å². The number of hydrogen-bond acceptors (Lipinski definition) is 6. The average Bonchev–Trinajstić information content (AvgIpc) is 3.26. The summed E-state index contributed by atoms with van der Waals surface area (Å²) in [4.78, 5) is 36.9. The van der Waals surface area contributed by atoms with Gasteiger partial charge in [0.2, 0.25) is 0 Å². The van der Waals surface area contributed by atoms with Crippen LogP contribution in [-0.4, -0.2) is 37.0 Å². The maximum absolute atomic E-state index is 12.8. The Kier molecular flexibility index (Phi) is 5.88. The van der Waals surface area contributed by atoms with E-state index in [1.54, 1.807) is 30.3 Å². The van der Waals surface area contributed by atoms with Crippen molar-refractivity contribution < 1.29 is 19.2 Å². The van der Waals surface area contributed by atoms with Crippen LogP contribution in [0.4, 0.5) is 11.4 Å². The lowest BCUT2D eigenvalue weighted by Gasteiger charge is -2.21. The number of hydrogen-bond donors (Lipinski definition) is 1. The van der Waals surface area contributed by atoms with Crippen LogP contribution in [0.15, 0.2) is 42.5 Å². The number of nitro benzene ring substituents is 1. The molecule has 8 nitrogen and oxygen atoms in total. The number of anilines is 1. The number of nitrogens with zero attached hydrogens (tertiary/aromatic N) is 2. The number of carbonyl (C=O) groups excluding carboxylic acids is 2. The molecule has 0 atom stereocenters. The van der Waals surface area contributed by atoms with E-state index in [1.807, 2.05) is 0 Å². The third-order valence-electron chi connectivity index (χ3n) is 4.71. The number of nitrogens with one attached hydrogen (secondary N) is 1. The van der Waals surface area contributed by atoms with E-state index in [2.05, 4.69) is 15.0 Å². The maximum atomic E-state index is 12.8. The minimum atomic E-state index is -0.504. The Labute approximate surface area is 162 Å². The van der Waals surface area contributed by atoms with E-state index in [4.69, 9.17) is 0 Å². The van der Waals surface area contributed by atoms with Crippen molar-refractivity contribution in [1.82, 2.24) is 5.32 Å². The molecule has 1 saturated heterocycles. The van der Waals surface area contributed by atoms with Crippen molar-refractivity contribution in [2.75, 3.05) is 25.1 Å². The number of methoxy groups -OCH3 is 1. The Morgan fingerprint density at radius 1 is 1.14 bits per heavy atom. The van der Waals surface area contributed by atoms with Crippen molar-refractivity contribution in [2.45, 2.75) is 19.4 Å². The van der Waals surface area contributed by atoms with Crippen molar-refractivity contribution >= 4 is 23.3 Å². The normalized spacial score (nSPS) is 13.2. The highest BCUT2D eigenvalue weighted by atomic mass is 16.6. The number of esters is 1. The maximum Gasteiger partial charge on any atom is 0.337 e. The highest BCUT2D eigenvalue weighted by Gasteiger charge is 2.22. The molecule has 0 radical (unpaired) electrons. The predicted molar refractivity (Wildman–Crippen MR) is 103 cm³/mol. The summed E-state index contributed by atoms with van der Waals surface area (Å²) < 4.78 is 4.66. The molecule has 28 heavy (non-hydrogen) atoms. The SMILES string of the molecule is COC(=O)c1ccc(CNC(=O)c2cc([N+](=O)[O-])ccc2N2CCCC2)cc1. The van der Waals surface area contributed by atoms with Crippen LogP contribution < -0.4 is 10.2 Å². The zero-order valence-corrected chi connectivity index (χ0v) is 15.5. The zero-order chi connectivity index (χ0) is 20.1. The summed E-state index contributed by atoms with van der Waals surface area (Å²) in [6, 6.07) is 11.1. The number of nitro groups is 1. The third kappa shape index (κ3) is 4.28. The number of carbonyl (C=O) groups is 2. The van der Waals surface area contributed by atoms with Gasteiger partial charge in [-0.15, -0.1) is 0 Å². The van der Waals surface area contributed by atoms with Gasteiger partial charge in [0, 0.05) is 31.8 Å². The fraction of sp³-hybridized carbons (Fsp3) is 0.300. The Balaban J connectivity index is 1.76. The summed E-state index contributed by atoms with van der Waals surface area (Å²) in [6.07, 6.45) is 2.06. The molecular weight excluding hydrogens is 362 g/mol. The second kappa shape index (κ2) is 8.51. The molecular formula is C20H21N3O5. The molecule has 1 aliphatic heterocycles. The van der Waals surface area contributed by atoms with Gasteiger partial charge < -0.3 is 15.0 Å². The lowest BCUT2D eigenvalue weighted by Crippen LogP contribution is -2.27. The van der Waals surface area contributed by atoms with Gasteiger partial charge >= 0.3 is 5.97 Å². The van der Waals surface area contributed by atoms with Gasteiger partial charge in [-0.1, -0.05) is 12.1 Å². The fourth-order valence-electron chi connectivity index (χ4n) is 3.21. The van der Waals surface area contributed by atoms with Crippen LogP contribution in [0.1, 0.15) is 39.1 Å². The highest BCUT2D eigenvalue weighted by molar-refractivity contribution is 6.00. The summed E-state index contributed by atoms with van der Waals surface area (Å²) in [5.41, 5.74) is 2.11. The monoisotopic (exact) mass is 383 g/mol. The standard InChI is InChI=1S/C20H21N3O5/c1-28-20(25)15-6-4-14(5-7-15)13-21-19(24)17-12-16(23(26)27)8-9-18(17)22-10-2-3-11-22/h4-9,12H,2-3,10-11,13H2,1H3,(H,21,24). The molecule has 1 amide bonds. The number of amides is 1. The first-order chi connectivity index (χ1) is 13.5. The Hall–Kier alpha value is -3.42. The lowest BCUT2D eigenvalue weighted by atomic mass is 10.1. The number of non-ortho nitro benzene ring substituents is 1. The largest absolute Gasteiger partial charge is 0.465 e. The van der Waals surface area contributed by atoms with Crippen LogP contribution in [0.2, 0.25) is 0 Å². The Morgan fingerprint density at radius 2 is 1.82 bits per heavy atom. The Bertz CT molecular complexity index is 889. The first kappa shape index (κ1) is 19.3. The molecule has 2 aromatic carbocycles. The van der Waals surface area contributed by atoms with E-state index in [-0.39, 0.29) is 18.1 Å². The molecule has 3 rings (SSSR count). The molecule has 0 bridgehead atoms. The zero-order valence-electron chi connectivity index (χ0n) is 15.5. The molecule has 1 aliphatic rings. The fourth-order valence-corrected chi connectivity index (χ4v) is 3.21. The van der Waals surface area contributed by atoms with Crippen LogP contribution in [0.3, 0.4) is 0 Å². The molecule has 0 aromatic heterocycles. The topological polar surface area (TPSA) is 102 Å². The third-order valence-corrected chi connectivity index (χ3v) is 4.71. The van der Waals surface area contributed by atoms with E-state index >= 15 is 0 Å². The van der Waals surface area contributed by atoms with Crippen molar-refractivity contribution in [2.24, 2.45) is 0 Å². The molecule has 0 saturated carbocycles. The van der Waals surface area contributed by atoms with Crippen LogP contribution >= 0.6 is 0 Å². The van der Waals surface area contributed by atoms with E-state index in [0.717, 1.165) is 31.5 Å². The Morgan fingerprint density at radius 3 is 2.43 bits per heavy atom. The van der Waals surface area contributed by atoms with E-state index < -0.39 is 10.9 Å². The van der Waals surface area contributed by atoms with Gasteiger partial charge in [0.05, 0.1) is 28.8 Å². The molecule has 146 valence electrons. The molecule has 0 spiro atoms. The van der Waals surface area contributed by atoms with Crippen LogP contribution in [0, 0.1) is 10.1 Å². The molecule has 0 aliphatic carbocycles. The molecule has 8 heteroatoms. The van der Waals surface area contributed by atoms with Gasteiger partial charge in [0.1, 0.15) is 0 Å². The average molecular weight is 383 g/mol. The molecule has 1 N–H and O–H groups in total. The van der Waals surface area contributed by atoms with Crippen LogP contribution in [0.5, 0.6) is 0 Å². The van der Waals surface area contributed by atoms with Crippen molar-refractivity contribution in [3.63, 3.8) is 0 Å². The summed E-state index contributed by atoms with van der Waals surface area (Å²) in [5, 5.41) is 13.9. The van der Waals surface area contributed by atoms with Crippen molar-refractivity contribution in [1.29, 1.82) is 0 Å². The number of rotatable bonds is 6. The second-order valence-corrected chi connectivity index (χ2v) is 6.52. The minimum absolute atomic E-state index is 0.115. The molecule has 0 unspecified atom stereocenters. The van der Waals surface area contributed by atoms with Gasteiger partial charge in [-0.2, -0.15) is 0 Å². The second-order valence-electron chi connectivity index (χ2n) is 6.52. The summed E-state index contributed by atoms with van der Waals surface area (Å²) in [6.45, 7) is 1.89. The van der Waals surface area contributed by atoms with Crippen molar-refractivity contribution in [3.8, 4) is 0 Å². The van der Waals surface area contributed by atoms with Gasteiger partial charge in [-0.25, -0.2) is 4.79 Å². The van der Waals surface area contributed by atoms with E-state index in [0.29, 0.717) is 16.8 Å². The molecule has 2 aromatic rings. The van der Waals surface area contributed by atoms with Gasteiger partial charge in [0.25, 0.3) is 11.6 Å². The summed E-state index contributed by atoms with van der Waals surface area (Å²) in [7, 11) is 1.31. The van der Waals surface area contributed by atoms with Gasteiger partial charge in [-0.05, 0) is 36.6 Å². The first-order valence-corrected chi connectivity index (χ1v) is 8.98. The van der Waals surface area contributed by atoms with E-state index in [9.17, 15) is 19.7 Å². The minimum Gasteiger partial charge on any atom is -0.465 e. The van der Waals surface area contributed by atoms with Crippen molar-refractivity contribution in [3.05, 3.63) is 69.3 Å². The first-order valence-electron chi connectivity index (χ1n) is 8.98. The smallest absolute Gasteiger partial charge is 0.337 e. The highest BCUT2D eigenvalue weighted by Crippen LogP contribution is 2.28. The quantitative estimate of drug-likeness (QED) is 0.467. The number of ether oxygens (including phenoxy) is 1. The van der Waals surface area contributed by atoms with Crippen LogP contribution in [0.25, 0.3) is 0 Å². The van der Waals surface area contributed by atoms with Gasteiger partial charge in [0.15, 0.2) is 0 Å². The molecule has 1 heterocycles. The number of benzene rings is 2.